The minimum Gasteiger partial charge on any atom is -0.456 e. The van der Waals surface area contributed by atoms with Crippen LogP contribution in [-0.2, 0) is 24.7 Å². The highest BCUT2D eigenvalue weighted by Gasteiger charge is 2.75. The van der Waals surface area contributed by atoms with E-state index in [-0.39, 0.29) is 0 Å². The van der Waals surface area contributed by atoms with Crippen LogP contribution < -0.4 is 0 Å². The van der Waals surface area contributed by atoms with Gasteiger partial charge in [-0.1, -0.05) is 12.1 Å². The van der Waals surface area contributed by atoms with Crippen LogP contribution in [0.2, 0.25) is 0 Å². The number of halogens is 1. The van der Waals surface area contributed by atoms with Crippen LogP contribution in [0.5, 0.6) is 0 Å². The quantitative estimate of drug-likeness (QED) is 0.746. The van der Waals surface area contributed by atoms with Crippen molar-refractivity contribution >= 4 is 11.9 Å². The van der Waals surface area contributed by atoms with Gasteiger partial charge in [-0.3, -0.25) is 9.59 Å². The Bertz CT molecular complexity index is 630. The lowest BCUT2D eigenvalue weighted by Crippen LogP contribution is -2.47. The van der Waals surface area contributed by atoms with Gasteiger partial charge in [-0.15, -0.1) is 0 Å². The lowest BCUT2D eigenvalue weighted by atomic mass is 9.66. The van der Waals surface area contributed by atoms with Gasteiger partial charge in [0.2, 0.25) is 0 Å². The Morgan fingerprint density at radius 3 is 2.14 bits per heavy atom. The molecule has 2 saturated heterocycles. The summed E-state index contributed by atoms with van der Waals surface area (Å²) in [6.45, 7) is 6.76. The Morgan fingerprint density at radius 2 is 1.57 bits per heavy atom. The summed E-state index contributed by atoms with van der Waals surface area (Å²) in [6.07, 6.45) is -0.731. The maximum Gasteiger partial charge on any atom is 0.316 e. The Morgan fingerprint density at radius 1 is 1.00 bits per heavy atom. The van der Waals surface area contributed by atoms with Gasteiger partial charge in [0.15, 0.2) is 11.7 Å². The Balaban J connectivity index is 2.26. The molecule has 2 heterocycles. The normalized spacial score (nSPS) is 32.5. The molecular formula is C16H17FO4. The maximum absolute atomic E-state index is 13.2. The van der Waals surface area contributed by atoms with Gasteiger partial charge in [-0.05, 0) is 39.8 Å². The first-order valence-electron chi connectivity index (χ1n) is 6.84. The number of benzene rings is 1. The third-order valence-corrected chi connectivity index (χ3v) is 4.74. The van der Waals surface area contributed by atoms with E-state index in [2.05, 4.69) is 0 Å². The molecule has 0 spiro atoms. The fraction of sp³-hybridized carbons (Fsp3) is 0.500. The molecule has 3 rings (SSSR count). The minimum atomic E-state index is -1.22. The van der Waals surface area contributed by atoms with Crippen LogP contribution in [0.3, 0.4) is 0 Å². The summed E-state index contributed by atoms with van der Waals surface area (Å²) < 4.78 is 24.4. The molecule has 0 aromatic heterocycles. The van der Waals surface area contributed by atoms with Crippen molar-refractivity contribution in [1.82, 2.24) is 0 Å². The van der Waals surface area contributed by atoms with Crippen molar-refractivity contribution in [3.05, 3.63) is 35.6 Å². The summed E-state index contributed by atoms with van der Waals surface area (Å²) in [5.41, 5.74) is -2.64. The van der Waals surface area contributed by atoms with Crippen molar-refractivity contribution in [3.63, 3.8) is 0 Å². The van der Waals surface area contributed by atoms with E-state index in [4.69, 9.17) is 9.47 Å². The summed E-state index contributed by atoms with van der Waals surface area (Å²) in [4.78, 5) is 24.5. The SMILES string of the molecule is CC1(C)C(=O)OC2(c3ccc(F)cc3)C1OC(=O)C2(C)C. The van der Waals surface area contributed by atoms with Crippen LogP contribution in [0.4, 0.5) is 4.39 Å². The highest BCUT2D eigenvalue weighted by atomic mass is 19.1. The fourth-order valence-electron chi connectivity index (χ4n) is 3.31. The van der Waals surface area contributed by atoms with E-state index >= 15 is 0 Å². The number of ether oxygens (including phenoxy) is 2. The Hall–Kier alpha value is -1.91. The first kappa shape index (κ1) is 14.0. The fourth-order valence-corrected chi connectivity index (χ4v) is 3.31. The van der Waals surface area contributed by atoms with Gasteiger partial charge in [0.25, 0.3) is 0 Å². The Kier molecular flexibility index (Phi) is 2.57. The average molecular weight is 292 g/mol. The zero-order valence-electron chi connectivity index (χ0n) is 12.4. The molecule has 2 aliphatic heterocycles. The number of hydrogen-bond acceptors (Lipinski definition) is 4. The summed E-state index contributed by atoms with van der Waals surface area (Å²) in [5, 5.41) is 0. The van der Waals surface area contributed by atoms with E-state index in [0.29, 0.717) is 5.56 Å². The van der Waals surface area contributed by atoms with E-state index in [1.54, 1.807) is 39.8 Å². The number of fused-ring (bicyclic) bond motifs is 1. The maximum atomic E-state index is 13.2. The largest absolute Gasteiger partial charge is 0.456 e. The van der Waals surface area contributed by atoms with E-state index in [1.807, 2.05) is 0 Å². The molecule has 1 aromatic carbocycles. The van der Waals surface area contributed by atoms with Gasteiger partial charge in [-0.25, -0.2) is 4.39 Å². The van der Waals surface area contributed by atoms with E-state index in [0.717, 1.165) is 0 Å². The van der Waals surface area contributed by atoms with Crippen LogP contribution in [0.1, 0.15) is 33.3 Å². The van der Waals surface area contributed by atoms with Gasteiger partial charge in [-0.2, -0.15) is 0 Å². The molecule has 0 amide bonds. The molecule has 4 nitrogen and oxygen atoms in total. The lowest BCUT2D eigenvalue weighted by Gasteiger charge is -2.36. The zero-order chi connectivity index (χ0) is 15.6. The molecule has 112 valence electrons. The predicted octanol–water partition coefficient (Wildman–Crippen LogP) is 2.56. The molecule has 0 bridgehead atoms. The van der Waals surface area contributed by atoms with Crippen molar-refractivity contribution in [2.45, 2.75) is 39.4 Å². The topological polar surface area (TPSA) is 52.6 Å². The molecule has 2 fully saturated rings. The number of hydrogen-bond donors (Lipinski definition) is 0. The van der Waals surface area contributed by atoms with Crippen LogP contribution in [0, 0.1) is 16.6 Å². The molecule has 0 radical (unpaired) electrons. The monoisotopic (exact) mass is 292 g/mol. The summed E-state index contributed by atoms with van der Waals surface area (Å²) >= 11 is 0. The Labute approximate surface area is 122 Å². The molecule has 0 N–H and O–H groups in total. The smallest absolute Gasteiger partial charge is 0.316 e. The third kappa shape index (κ3) is 1.49. The van der Waals surface area contributed by atoms with Gasteiger partial charge in [0.05, 0.1) is 0 Å². The molecule has 5 heteroatoms. The van der Waals surface area contributed by atoms with E-state index < -0.39 is 40.3 Å². The molecule has 2 unspecified atom stereocenters. The van der Waals surface area contributed by atoms with Crippen LogP contribution in [0.15, 0.2) is 24.3 Å². The van der Waals surface area contributed by atoms with Gasteiger partial charge >= 0.3 is 11.9 Å². The van der Waals surface area contributed by atoms with Crippen molar-refractivity contribution in [3.8, 4) is 0 Å². The van der Waals surface area contributed by atoms with E-state index in [1.165, 1.54) is 12.1 Å². The summed E-state index contributed by atoms with van der Waals surface area (Å²) in [5.74, 6) is -1.23. The summed E-state index contributed by atoms with van der Waals surface area (Å²) in [7, 11) is 0. The van der Waals surface area contributed by atoms with E-state index in [9.17, 15) is 14.0 Å². The number of rotatable bonds is 1. The molecule has 1 aromatic rings. The van der Waals surface area contributed by atoms with Crippen LogP contribution in [0.25, 0.3) is 0 Å². The number of carbonyl (C=O) groups excluding carboxylic acids is 2. The predicted molar refractivity (Wildman–Crippen MR) is 71.6 cm³/mol. The van der Waals surface area contributed by atoms with Crippen LogP contribution >= 0.6 is 0 Å². The van der Waals surface area contributed by atoms with Crippen LogP contribution in [-0.4, -0.2) is 18.0 Å². The van der Waals surface area contributed by atoms with Crippen molar-refractivity contribution < 1.29 is 23.5 Å². The number of esters is 2. The number of carbonyl (C=O) groups is 2. The van der Waals surface area contributed by atoms with Gasteiger partial charge in [0, 0.05) is 5.56 Å². The van der Waals surface area contributed by atoms with Crippen molar-refractivity contribution in [2.75, 3.05) is 0 Å². The first-order valence-corrected chi connectivity index (χ1v) is 6.84. The molecule has 0 aliphatic carbocycles. The molecule has 2 aliphatic rings. The second-order valence-electron chi connectivity index (χ2n) is 6.76. The summed E-state index contributed by atoms with van der Waals surface area (Å²) in [6, 6.07) is 5.67. The third-order valence-electron chi connectivity index (χ3n) is 4.74. The second kappa shape index (κ2) is 3.84. The first-order chi connectivity index (χ1) is 9.64. The van der Waals surface area contributed by atoms with Gasteiger partial charge in [0.1, 0.15) is 16.6 Å². The van der Waals surface area contributed by atoms with Gasteiger partial charge < -0.3 is 9.47 Å². The van der Waals surface area contributed by atoms with Crippen molar-refractivity contribution in [2.24, 2.45) is 10.8 Å². The highest BCUT2D eigenvalue weighted by Crippen LogP contribution is 2.61. The zero-order valence-corrected chi connectivity index (χ0v) is 12.4. The molecule has 2 atom stereocenters. The minimum absolute atomic E-state index is 0.390. The standard InChI is InChI=1S/C16H17FO4/c1-14(2)11-16(21-12(14)18,15(3,4)13(19)20-11)9-5-7-10(17)8-6-9/h5-8,11H,1-4H3. The lowest BCUT2D eigenvalue weighted by molar-refractivity contribution is -0.166. The molecular weight excluding hydrogens is 275 g/mol. The molecule has 0 saturated carbocycles. The second-order valence-corrected chi connectivity index (χ2v) is 6.76. The molecule has 21 heavy (non-hydrogen) atoms. The highest BCUT2D eigenvalue weighted by molar-refractivity contribution is 5.89. The van der Waals surface area contributed by atoms with Crippen molar-refractivity contribution in [1.29, 1.82) is 0 Å². The average Bonchev–Trinajstić information content (AvgIpc) is 2.73.